The number of aliphatic imine (C=N–C) groups is 3. The van der Waals surface area contributed by atoms with Crippen molar-refractivity contribution in [1.29, 1.82) is 0 Å². The number of nitrogens with zero attached hydrogens (tertiary/aromatic N) is 4. The fourth-order valence-electron chi connectivity index (χ4n) is 3.81. The van der Waals surface area contributed by atoms with Gasteiger partial charge in [-0.25, -0.2) is 15.0 Å². The molecule has 4 heterocycles. The molecule has 0 bridgehead atoms. The molecule has 0 aromatic rings. The molecule has 4 aliphatic rings. The normalized spacial score (nSPS) is 27.2. The van der Waals surface area contributed by atoms with Crippen LogP contribution in [0.3, 0.4) is 0 Å². The molecule has 3 atom stereocenters. The number of allylic oxidation sites excluding steroid dienone is 2. The van der Waals surface area contributed by atoms with Crippen molar-refractivity contribution < 1.29 is 40.6 Å². The van der Waals surface area contributed by atoms with Crippen LogP contribution in [0.15, 0.2) is 38.5 Å². The number of carbonyl (C=O) groups excluding carboxylic acids is 1. The van der Waals surface area contributed by atoms with Crippen LogP contribution in [-0.4, -0.2) is 61.6 Å². The maximum atomic E-state index is 10.3. The van der Waals surface area contributed by atoms with Crippen molar-refractivity contribution in [2.45, 2.75) is 93.3 Å². The van der Waals surface area contributed by atoms with Crippen LogP contribution in [0.25, 0.3) is 5.32 Å². The van der Waals surface area contributed by atoms with Gasteiger partial charge in [-0.1, -0.05) is 62.3 Å². The molecule has 0 amide bonds. The van der Waals surface area contributed by atoms with E-state index in [2.05, 4.69) is 61.8 Å². The third-order valence-electron chi connectivity index (χ3n) is 6.67. The molecule has 214 valence electrons. The van der Waals surface area contributed by atoms with Crippen LogP contribution in [-0.2, 0) is 35.5 Å². The van der Waals surface area contributed by atoms with Gasteiger partial charge in [0.05, 0.1) is 18.1 Å². The van der Waals surface area contributed by atoms with Crippen molar-refractivity contribution in [1.82, 2.24) is 0 Å². The number of carboxylic acids is 1. The first kappa shape index (κ1) is 31.9. The molecule has 4 aliphatic heterocycles. The zero-order valence-electron chi connectivity index (χ0n) is 24.1. The van der Waals surface area contributed by atoms with Crippen LogP contribution in [0.1, 0.15) is 75.2 Å². The molecule has 0 saturated carbocycles. The summed E-state index contributed by atoms with van der Waals surface area (Å²) >= 11 is 0. The first-order valence-electron chi connectivity index (χ1n) is 13.0. The minimum atomic E-state index is -1.33. The van der Waals surface area contributed by atoms with Crippen LogP contribution in [0.5, 0.6) is 0 Å². The third-order valence-corrected chi connectivity index (χ3v) is 6.67. The van der Waals surface area contributed by atoms with Crippen molar-refractivity contribution in [3.8, 4) is 0 Å². The molecular weight excluding hydrogens is 531 g/mol. The summed E-state index contributed by atoms with van der Waals surface area (Å²) in [6, 6.07) is 0.350. The van der Waals surface area contributed by atoms with Crippen LogP contribution in [0, 0.1) is 16.2 Å². The van der Waals surface area contributed by atoms with E-state index in [1.54, 1.807) is 0 Å². The van der Waals surface area contributed by atoms with E-state index in [4.69, 9.17) is 14.2 Å². The van der Waals surface area contributed by atoms with Crippen LogP contribution in [0.2, 0.25) is 0 Å². The monoisotopic (exact) mass is 572 g/mol. The Morgan fingerprint density at radius 2 is 1.11 bits per heavy atom. The first-order valence-corrected chi connectivity index (χ1v) is 13.0. The van der Waals surface area contributed by atoms with E-state index in [0.29, 0.717) is 31.6 Å². The average molecular weight is 573 g/mol. The SMILES string of the molecule is CC(C)(C)[C@H]1COC(/C=C2/CC/C(=C/C3=N[C@@H](C(C)(C)C)CO3)[N-]2)=N1.CC(C)(C)[C@H]1COC(C(=O)[O-])=N1.[Ni+2]. The van der Waals surface area contributed by atoms with Gasteiger partial charge >= 0.3 is 16.5 Å². The van der Waals surface area contributed by atoms with Crippen LogP contribution >= 0.6 is 0 Å². The summed E-state index contributed by atoms with van der Waals surface area (Å²) in [5, 5.41) is 15.0. The van der Waals surface area contributed by atoms with E-state index in [0.717, 1.165) is 24.2 Å². The molecule has 0 radical (unpaired) electrons. The molecule has 0 aromatic carbocycles. The maximum absolute atomic E-state index is 10.3. The summed E-state index contributed by atoms with van der Waals surface area (Å²) in [5.74, 6) is -0.180. The van der Waals surface area contributed by atoms with E-state index in [1.807, 2.05) is 32.9 Å². The quantitative estimate of drug-likeness (QED) is 0.470. The summed E-state index contributed by atoms with van der Waals surface area (Å²) in [6.45, 7) is 20.8. The zero-order chi connectivity index (χ0) is 27.6. The number of ether oxygens (including phenoxy) is 3. The van der Waals surface area contributed by atoms with Gasteiger partial charge in [-0.3, -0.25) is 0 Å². The fourth-order valence-corrected chi connectivity index (χ4v) is 3.81. The molecule has 0 spiro atoms. The summed E-state index contributed by atoms with van der Waals surface area (Å²) < 4.78 is 16.3. The summed E-state index contributed by atoms with van der Waals surface area (Å²) in [6.07, 6.45) is 5.76. The molecule has 38 heavy (non-hydrogen) atoms. The third kappa shape index (κ3) is 8.86. The summed E-state index contributed by atoms with van der Waals surface area (Å²) in [5.41, 5.74) is 2.23. The Morgan fingerprint density at radius 3 is 1.39 bits per heavy atom. The standard InChI is InChI=1S/C20H30N3O2.C8H13NO3.Ni/c1-19(2,3)15-11-24-17(22-15)9-13-7-8-14(21-13)10-18-23-16(12-25-18)20(4,5)6;1-8(2,3)5-4-12-6(9-5)7(10)11;/h9-10,15-16H,7-8,11-12H2,1-6H3;5H,4H2,1-3H3,(H,10,11);/q-1;;+2/p-1/b13-9-,14-10-;;/t15-,16-;5-;/m11./s1. The summed E-state index contributed by atoms with van der Waals surface area (Å²) in [7, 11) is 0. The van der Waals surface area contributed by atoms with Gasteiger partial charge in [0.1, 0.15) is 25.8 Å². The minimum absolute atomic E-state index is 0. The van der Waals surface area contributed by atoms with Gasteiger partial charge in [-0.2, -0.15) is 11.4 Å². The molecule has 0 unspecified atom stereocenters. The van der Waals surface area contributed by atoms with Crippen LogP contribution in [0.4, 0.5) is 0 Å². The van der Waals surface area contributed by atoms with E-state index < -0.39 is 5.97 Å². The number of carboxylic acid groups (broad SMARTS) is 1. The van der Waals surface area contributed by atoms with Crippen molar-refractivity contribution >= 4 is 23.7 Å². The fraction of sp³-hybridized carbons (Fsp3) is 0.714. The summed E-state index contributed by atoms with van der Waals surface area (Å²) in [4.78, 5) is 23.6. The molecular formula is C28H42N4NiO5. The zero-order valence-corrected chi connectivity index (χ0v) is 25.1. The first-order chi connectivity index (χ1) is 17.0. The molecule has 9 nitrogen and oxygen atoms in total. The van der Waals surface area contributed by atoms with Crippen molar-refractivity contribution in [3.05, 3.63) is 28.9 Å². The Morgan fingerprint density at radius 1 is 0.737 bits per heavy atom. The maximum Gasteiger partial charge on any atom is 2.00 e. The Labute approximate surface area is 237 Å². The van der Waals surface area contributed by atoms with Crippen molar-refractivity contribution in [3.63, 3.8) is 0 Å². The Kier molecular flexibility index (Phi) is 10.3. The van der Waals surface area contributed by atoms with Gasteiger partial charge in [0.25, 0.3) is 0 Å². The predicted octanol–water partition coefficient (Wildman–Crippen LogP) is 4.19. The molecule has 10 heteroatoms. The Balaban J connectivity index is 0.000000330. The van der Waals surface area contributed by atoms with Gasteiger partial charge in [-0.15, -0.1) is 0 Å². The van der Waals surface area contributed by atoms with Gasteiger partial charge in [0.2, 0.25) is 17.7 Å². The van der Waals surface area contributed by atoms with E-state index in [9.17, 15) is 9.90 Å². The predicted molar refractivity (Wildman–Crippen MR) is 144 cm³/mol. The number of aliphatic carboxylic acids is 1. The molecule has 1 saturated heterocycles. The number of rotatable bonds is 3. The smallest absolute Gasteiger partial charge is 0.664 e. The van der Waals surface area contributed by atoms with E-state index in [1.165, 1.54) is 0 Å². The van der Waals surface area contributed by atoms with Crippen LogP contribution < -0.4 is 5.11 Å². The molecule has 0 aromatic heterocycles. The van der Waals surface area contributed by atoms with Gasteiger partial charge in [0, 0.05) is 0 Å². The molecule has 0 aliphatic carbocycles. The largest absolute Gasteiger partial charge is 2.00 e. The second-order valence-electron chi connectivity index (χ2n) is 13.1. The van der Waals surface area contributed by atoms with Crippen molar-refractivity contribution in [2.24, 2.45) is 31.2 Å². The number of hydrogen-bond donors (Lipinski definition) is 0. The van der Waals surface area contributed by atoms with E-state index >= 15 is 0 Å². The topological polar surface area (TPSA) is 119 Å². The molecule has 1 fully saturated rings. The van der Waals surface area contributed by atoms with E-state index in [-0.39, 0.29) is 56.8 Å². The molecule has 0 N–H and O–H groups in total. The minimum Gasteiger partial charge on any atom is -0.664 e. The van der Waals surface area contributed by atoms with Crippen molar-refractivity contribution in [2.75, 3.05) is 19.8 Å². The van der Waals surface area contributed by atoms with Gasteiger partial charge < -0.3 is 29.4 Å². The average Bonchev–Trinajstić information content (AvgIpc) is 3.55. The van der Waals surface area contributed by atoms with Gasteiger partial charge in [0.15, 0.2) is 0 Å². The molecule has 4 rings (SSSR count). The second kappa shape index (κ2) is 12.2. The van der Waals surface area contributed by atoms with Gasteiger partial charge in [-0.05, 0) is 41.2 Å². The number of hydrogen-bond acceptors (Lipinski definition) is 8. The Bertz CT molecular complexity index is 969. The Hall–Kier alpha value is -2.35. The second-order valence-corrected chi connectivity index (χ2v) is 13.1. The number of carbonyl (C=O) groups is 1.